The molecule has 1 saturated carbocycles. The largest absolute Gasteiger partial charge is 0.477 e. The summed E-state index contributed by atoms with van der Waals surface area (Å²) in [5.41, 5.74) is 1.04. The number of carbonyl (C=O) groups is 2. The van der Waals surface area contributed by atoms with Crippen molar-refractivity contribution < 1.29 is 14.7 Å². The van der Waals surface area contributed by atoms with E-state index >= 15 is 0 Å². The van der Waals surface area contributed by atoms with Gasteiger partial charge in [0.1, 0.15) is 5.57 Å². The van der Waals surface area contributed by atoms with Crippen molar-refractivity contribution in [3.63, 3.8) is 0 Å². The number of aliphatic carboxylic acids is 1. The van der Waals surface area contributed by atoms with Gasteiger partial charge in [-0.05, 0) is 18.9 Å². The maximum absolute atomic E-state index is 12.0. The molecule has 2 atom stereocenters. The van der Waals surface area contributed by atoms with Gasteiger partial charge in [0.15, 0.2) is 5.13 Å². The number of thiazole rings is 1. The van der Waals surface area contributed by atoms with Crippen LogP contribution in [-0.4, -0.2) is 32.5 Å². The van der Waals surface area contributed by atoms with Crippen LogP contribution in [0.5, 0.6) is 0 Å². The fourth-order valence-corrected chi connectivity index (χ4v) is 3.13. The molecule has 2 unspecified atom stereocenters. The monoisotopic (exact) mass is 316 g/mol. The molecule has 1 fully saturated rings. The van der Waals surface area contributed by atoms with Crippen LogP contribution in [0.1, 0.15) is 12.1 Å². The lowest BCUT2D eigenvalue weighted by atomic mass is 9.86. The van der Waals surface area contributed by atoms with Crippen LogP contribution in [0.25, 0.3) is 0 Å². The average Bonchev–Trinajstić information content (AvgIpc) is 2.73. The first kappa shape index (κ1) is 14.4. The average molecular weight is 316 g/mol. The molecule has 0 bridgehead atoms. The zero-order chi connectivity index (χ0) is 14.2. The molecule has 5 nitrogen and oxygen atoms in total. The van der Waals surface area contributed by atoms with Crippen LogP contribution in [0, 0.1) is 6.92 Å². The van der Waals surface area contributed by atoms with Crippen LogP contribution in [0.4, 0.5) is 5.13 Å². The van der Waals surface area contributed by atoms with Crippen molar-refractivity contribution in [2.75, 3.05) is 5.32 Å². The molecule has 0 saturated heterocycles. The minimum Gasteiger partial charge on any atom is -0.477 e. The highest BCUT2D eigenvalue weighted by atomic mass is 32.1. The van der Waals surface area contributed by atoms with Crippen LogP contribution in [0.15, 0.2) is 16.5 Å². The Labute approximate surface area is 124 Å². The van der Waals surface area contributed by atoms with E-state index in [1.54, 1.807) is 12.3 Å². The maximum atomic E-state index is 12.0. The summed E-state index contributed by atoms with van der Waals surface area (Å²) in [5.74, 6) is -1.91. The Kier molecular flexibility index (Phi) is 4.22. The highest BCUT2D eigenvalue weighted by Crippen LogP contribution is 2.38. The van der Waals surface area contributed by atoms with Gasteiger partial charge in [0.2, 0.25) is 0 Å². The molecule has 102 valence electrons. The van der Waals surface area contributed by atoms with Crippen LogP contribution < -0.4 is 5.32 Å². The summed E-state index contributed by atoms with van der Waals surface area (Å²) in [6.07, 6.45) is 0.462. The quantitative estimate of drug-likeness (QED) is 0.297. The molecule has 2 rings (SSSR count). The summed E-state index contributed by atoms with van der Waals surface area (Å²) in [4.78, 5) is 27.3. The number of hydrogen-bond acceptors (Lipinski definition) is 6. The van der Waals surface area contributed by atoms with Gasteiger partial charge in [-0.1, -0.05) is 0 Å². The van der Waals surface area contributed by atoms with Crippen molar-refractivity contribution in [1.29, 1.82) is 0 Å². The first-order chi connectivity index (χ1) is 8.90. The van der Waals surface area contributed by atoms with E-state index in [1.807, 2.05) is 0 Å². The second-order valence-electron chi connectivity index (χ2n) is 4.17. The molecule has 2 N–H and O–H groups in total. The standard InChI is InChI=1S/C11H12N2O3S3/c1-4-3-19-11(12-4)13-9(14)7(10(15)16)5-2-6(17)8(5)18/h3,6,8,17-18H,2H2,1H3,(H,15,16)(H,12,13,14)/b7-5-. The zero-order valence-corrected chi connectivity index (χ0v) is 12.6. The SMILES string of the molecule is Cc1csc(NC(=O)/C(C(=O)O)=C2\CC(S)C2S)n1. The molecule has 0 radical (unpaired) electrons. The highest BCUT2D eigenvalue weighted by Gasteiger charge is 2.37. The fraction of sp³-hybridized carbons (Fsp3) is 0.364. The molecule has 1 aliphatic carbocycles. The minimum atomic E-state index is -1.25. The van der Waals surface area contributed by atoms with E-state index in [0.29, 0.717) is 17.1 Å². The van der Waals surface area contributed by atoms with Gasteiger partial charge in [0.25, 0.3) is 5.91 Å². The molecule has 1 heterocycles. The third-order valence-electron chi connectivity index (χ3n) is 2.75. The number of thiol groups is 2. The lowest BCUT2D eigenvalue weighted by Crippen LogP contribution is -2.36. The van der Waals surface area contributed by atoms with E-state index in [4.69, 9.17) is 0 Å². The van der Waals surface area contributed by atoms with Crippen molar-refractivity contribution in [2.45, 2.75) is 23.8 Å². The van der Waals surface area contributed by atoms with Gasteiger partial charge >= 0.3 is 5.97 Å². The van der Waals surface area contributed by atoms with Crippen molar-refractivity contribution in [2.24, 2.45) is 0 Å². The van der Waals surface area contributed by atoms with E-state index in [9.17, 15) is 14.7 Å². The molecule has 0 aliphatic heterocycles. The summed E-state index contributed by atoms with van der Waals surface area (Å²) in [5, 5.41) is 13.5. The van der Waals surface area contributed by atoms with Crippen molar-refractivity contribution in [3.8, 4) is 0 Å². The van der Waals surface area contributed by atoms with Gasteiger partial charge in [-0.15, -0.1) is 11.3 Å². The van der Waals surface area contributed by atoms with E-state index in [0.717, 1.165) is 5.69 Å². The van der Waals surface area contributed by atoms with Gasteiger partial charge < -0.3 is 5.11 Å². The normalized spacial score (nSPS) is 24.6. The van der Waals surface area contributed by atoms with E-state index < -0.39 is 11.9 Å². The second kappa shape index (κ2) is 5.56. The van der Waals surface area contributed by atoms with Crippen LogP contribution in [0.2, 0.25) is 0 Å². The minimum absolute atomic E-state index is 0.0115. The van der Waals surface area contributed by atoms with Gasteiger partial charge in [-0.3, -0.25) is 10.1 Å². The number of aryl methyl sites for hydroxylation is 1. The zero-order valence-electron chi connectivity index (χ0n) is 9.95. The molecule has 1 aromatic heterocycles. The molecule has 0 aromatic carbocycles. The Morgan fingerprint density at radius 3 is 2.63 bits per heavy atom. The predicted octanol–water partition coefficient (Wildman–Crippen LogP) is 1.77. The summed E-state index contributed by atoms with van der Waals surface area (Å²) in [6.45, 7) is 1.80. The lowest BCUT2D eigenvalue weighted by molar-refractivity contribution is -0.134. The number of carboxylic acids is 1. The van der Waals surface area contributed by atoms with E-state index in [1.165, 1.54) is 11.3 Å². The van der Waals surface area contributed by atoms with Crippen LogP contribution in [-0.2, 0) is 9.59 Å². The number of rotatable bonds is 3. The van der Waals surface area contributed by atoms with E-state index in [-0.39, 0.29) is 16.1 Å². The Hall–Kier alpha value is -0.990. The number of nitrogens with zero attached hydrogens (tertiary/aromatic N) is 1. The van der Waals surface area contributed by atoms with Gasteiger partial charge in [-0.25, -0.2) is 9.78 Å². The maximum Gasteiger partial charge on any atom is 0.341 e. The Bertz CT molecular complexity index is 567. The Morgan fingerprint density at radius 2 is 2.21 bits per heavy atom. The number of amides is 1. The van der Waals surface area contributed by atoms with Gasteiger partial charge in [-0.2, -0.15) is 25.3 Å². The first-order valence-corrected chi connectivity index (χ1v) is 7.37. The molecule has 1 amide bonds. The van der Waals surface area contributed by atoms with Crippen molar-refractivity contribution in [1.82, 2.24) is 4.98 Å². The molecule has 1 aromatic rings. The summed E-state index contributed by atoms with van der Waals surface area (Å²) < 4.78 is 0. The number of hydrogen-bond donors (Lipinski definition) is 4. The number of anilines is 1. The second-order valence-corrected chi connectivity index (χ2v) is 6.25. The van der Waals surface area contributed by atoms with Crippen molar-refractivity contribution in [3.05, 3.63) is 22.2 Å². The summed E-state index contributed by atoms with van der Waals surface area (Å²) >= 11 is 9.72. The molecule has 19 heavy (non-hydrogen) atoms. The Balaban J connectivity index is 2.21. The molecular formula is C11H12N2O3S3. The number of carbonyl (C=O) groups excluding carboxylic acids is 1. The summed E-state index contributed by atoms with van der Waals surface area (Å²) in [6, 6.07) is 0. The fourth-order valence-electron chi connectivity index (χ4n) is 1.73. The lowest BCUT2D eigenvalue weighted by Gasteiger charge is -2.33. The molecule has 1 aliphatic rings. The van der Waals surface area contributed by atoms with Gasteiger partial charge in [0, 0.05) is 15.9 Å². The topological polar surface area (TPSA) is 79.3 Å². The first-order valence-electron chi connectivity index (χ1n) is 5.46. The molecular weight excluding hydrogens is 304 g/mol. The number of nitrogens with one attached hydrogen (secondary N) is 1. The number of carboxylic acid groups (broad SMARTS) is 1. The summed E-state index contributed by atoms with van der Waals surface area (Å²) in [7, 11) is 0. The third-order valence-corrected chi connectivity index (χ3v) is 5.02. The molecule has 0 spiro atoms. The van der Waals surface area contributed by atoms with Crippen molar-refractivity contribution >= 4 is 53.6 Å². The predicted molar refractivity (Wildman–Crippen MR) is 80.3 cm³/mol. The van der Waals surface area contributed by atoms with Crippen LogP contribution in [0.3, 0.4) is 0 Å². The Morgan fingerprint density at radius 1 is 1.53 bits per heavy atom. The smallest absolute Gasteiger partial charge is 0.341 e. The van der Waals surface area contributed by atoms with Crippen LogP contribution >= 0.6 is 36.6 Å². The third kappa shape index (κ3) is 2.96. The molecule has 8 heteroatoms. The highest BCUT2D eigenvalue weighted by molar-refractivity contribution is 7.85. The number of aromatic nitrogens is 1. The van der Waals surface area contributed by atoms with Gasteiger partial charge in [0.05, 0.1) is 5.69 Å². The van der Waals surface area contributed by atoms with E-state index in [2.05, 4.69) is 35.6 Å².